The predicted octanol–water partition coefficient (Wildman–Crippen LogP) is 2.91. The molecule has 1 fully saturated rings. The smallest absolute Gasteiger partial charge is 0.317 e. The number of rotatable bonds is 2. The number of hydrogen-bond donors (Lipinski definition) is 1. The van der Waals surface area contributed by atoms with Gasteiger partial charge < -0.3 is 10.2 Å². The summed E-state index contributed by atoms with van der Waals surface area (Å²) in [7, 11) is 0. The zero-order valence-corrected chi connectivity index (χ0v) is 10.7. The van der Waals surface area contributed by atoms with Crippen LogP contribution in [0.4, 0.5) is 9.18 Å². The normalized spacial score (nSPS) is 19.7. The molecule has 1 aromatic carbocycles. The maximum atomic E-state index is 13.4. The van der Waals surface area contributed by atoms with E-state index in [0.717, 1.165) is 19.4 Å². The van der Waals surface area contributed by atoms with Crippen LogP contribution >= 0.6 is 0 Å². The molecule has 2 amide bonds. The minimum absolute atomic E-state index is 0.0922. The Labute approximate surface area is 107 Å². The standard InChI is InChI=1S/C14H19FN2O/c1-11-6-4-5-9-17(11)14(18)16-10-12-7-2-3-8-13(12)15/h2-3,7-8,11H,4-6,9-10H2,1H3,(H,16,18). The number of nitrogens with zero attached hydrogens (tertiary/aromatic N) is 1. The summed E-state index contributed by atoms with van der Waals surface area (Å²) in [6.07, 6.45) is 3.28. The number of hydrogen-bond acceptors (Lipinski definition) is 1. The maximum absolute atomic E-state index is 13.4. The zero-order chi connectivity index (χ0) is 13.0. The third-order valence-corrected chi connectivity index (χ3v) is 3.45. The number of halogens is 1. The maximum Gasteiger partial charge on any atom is 0.317 e. The second kappa shape index (κ2) is 5.85. The van der Waals surface area contributed by atoms with E-state index in [0.29, 0.717) is 5.56 Å². The highest BCUT2D eigenvalue weighted by Crippen LogP contribution is 2.16. The molecule has 0 radical (unpaired) electrons. The molecule has 0 aliphatic carbocycles. The van der Waals surface area contributed by atoms with Crippen molar-refractivity contribution in [2.24, 2.45) is 0 Å². The Balaban J connectivity index is 1.90. The second-order valence-corrected chi connectivity index (χ2v) is 4.79. The molecular weight excluding hydrogens is 231 g/mol. The molecule has 1 saturated heterocycles. The van der Waals surface area contributed by atoms with Gasteiger partial charge in [-0.1, -0.05) is 18.2 Å². The number of urea groups is 1. The minimum atomic E-state index is -0.274. The fourth-order valence-corrected chi connectivity index (χ4v) is 2.31. The van der Waals surface area contributed by atoms with Crippen LogP contribution in [-0.4, -0.2) is 23.5 Å². The first-order valence-corrected chi connectivity index (χ1v) is 6.46. The molecule has 0 bridgehead atoms. The third-order valence-electron chi connectivity index (χ3n) is 3.45. The first kappa shape index (κ1) is 12.9. The average Bonchev–Trinajstić information content (AvgIpc) is 2.38. The number of carbonyl (C=O) groups excluding carboxylic acids is 1. The van der Waals surface area contributed by atoms with Crippen molar-refractivity contribution in [2.45, 2.75) is 38.8 Å². The highest BCUT2D eigenvalue weighted by Gasteiger charge is 2.22. The van der Waals surface area contributed by atoms with Crippen molar-refractivity contribution in [3.63, 3.8) is 0 Å². The lowest BCUT2D eigenvalue weighted by Crippen LogP contribution is -2.47. The van der Waals surface area contributed by atoms with E-state index in [1.165, 1.54) is 12.5 Å². The summed E-state index contributed by atoms with van der Waals surface area (Å²) in [6.45, 7) is 3.10. The molecule has 1 atom stereocenters. The highest BCUT2D eigenvalue weighted by molar-refractivity contribution is 5.74. The Morgan fingerprint density at radius 2 is 2.22 bits per heavy atom. The van der Waals surface area contributed by atoms with Crippen molar-refractivity contribution in [3.8, 4) is 0 Å². The van der Waals surface area contributed by atoms with Gasteiger partial charge in [-0.2, -0.15) is 0 Å². The van der Waals surface area contributed by atoms with Gasteiger partial charge in [0.15, 0.2) is 0 Å². The van der Waals surface area contributed by atoms with Crippen LogP contribution in [0.3, 0.4) is 0 Å². The fraction of sp³-hybridized carbons (Fsp3) is 0.500. The van der Waals surface area contributed by atoms with Crippen LogP contribution in [0, 0.1) is 5.82 Å². The summed E-state index contributed by atoms with van der Waals surface area (Å²) >= 11 is 0. The predicted molar refractivity (Wildman–Crippen MR) is 68.7 cm³/mol. The van der Waals surface area contributed by atoms with E-state index in [9.17, 15) is 9.18 Å². The number of carbonyl (C=O) groups is 1. The van der Waals surface area contributed by atoms with Crippen molar-refractivity contribution < 1.29 is 9.18 Å². The molecule has 18 heavy (non-hydrogen) atoms. The molecule has 1 aliphatic rings. The Hall–Kier alpha value is -1.58. The summed E-state index contributed by atoms with van der Waals surface area (Å²) in [4.78, 5) is 13.8. The highest BCUT2D eigenvalue weighted by atomic mass is 19.1. The van der Waals surface area contributed by atoms with Crippen LogP contribution < -0.4 is 5.32 Å². The number of amides is 2. The van der Waals surface area contributed by atoms with E-state index in [4.69, 9.17) is 0 Å². The number of benzene rings is 1. The van der Waals surface area contributed by atoms with Gasteiger partial charge in [0.05, 0.1) is 0 Å². The van der Waals surface area contributed by atoms with E-state index in [2.05, 4.69) is 12.2 Å². The Morgan fingerprint density at radius 1 is 1.44 bits per heavy atom. The number of piperidine rings is 1. The summed E-state index contributed by atoms with van der Waals surface area (Å²) in [5.74, 6) is -0.274. The van der Waals surface area contributed by atoms with Gasteiger partial charge in [0.1, 0.15) is 5.82 Å². The van der Waals surface area contributed by atoms with Crippen LogP contribution in [0.1, 0.15) is 31.7 Å². The molecule has 3 nitrogen and oxygen atoms in total. The largest absolute Gasteiger partial charge is 0.334 e. The SMILES string of the molecule is CC1CCCCN1C(=O)NCc1ccccc1F. The lowest BCUT2D eigenvalue weighted by Gasteiger charge is -2.33. The zero-order valence-electron chi connectivity index (χ0n) is 10.7. The van der Waals surface area contributed by atoms with Crippen LogP contribution in [0.15, 0.2) is 24.3 Å². The molecule has 1 aromatic rings. The third kappa shape index (κ3) is 3.00. The number of nitrogens with one attached hydrogen (secondary N) is 1. The Kier molecular flexibility index (Phi) is 4.18. The van der Waals surface area contributed by atoms with Crippen LogP contribution in [0.2, 0.25) is 0 Å². The van der Waals surface area contributed by atoms with Crippen molar-refractivity contribution in [2.75, 3.05) is 6.54 Å². The van der Waals surface area contributed by atoms with Gasteiger partial charge in [-0.25, -0.2) is 9.18 Å². The van der Waals surface area contributed by atoms with Crippen molar-refractivity contribution in [1.82, 2.24) is 10.2 Å². The molecule has 98 valence electrons. The van der Waals surface area contributed by atoms with Crippen LogP contribution in [0.25, 0.3) is 0 Å². The lowest BCUT2D eigenvalue weighted by atomic mass is 10.0. The fourth-order valence-electron chi connectivity index (χ4n) is 2.31. The molecule has 1 heterocycles. The molecule has 2 rings (SSSR count). The van der Waals surface area contributed by atoms with Crippen molar-refractivity contribution in [3.05, 3.63) is 35.6 Å². The van der Waals surface area contributed by atoms with E-state index < -0.39 is 0 Å². The molecule has 0 saturated carbocycles. The first-order chi connectivity index (χ1) is 8.68. The van der Waals surface area contributed by atoms with Gasteiger partial charge in [-0.05, 0) is 32.3 Å². The van der Waals surface area contributed by atoms with Crippen molar-refractivity contribution >= 4 is 6.03 Å². The van der Waals surface area contributed by atoms with Gasteiger partial charge in [-0.15, -0.1) is 0 Å². The quantitative estimate of drug-likeness (QED) is 0.860. The van der Waals surface area contributed by atoms with E-state index in [1.807, 2.05) is 4.90 Å². The number of likely N-dealkylation sites (tertiary alicyclic amines) is 1. The van der Waals surface area contributed by atoms with Crippen molar-refractivity contribution in [1.29, 1.82) is 0 Å². The van der Waals surface area contributed by atoms with E-state index in [1.54, 1.807) is 18.2 Å². The molecule has 1 aliphatic heterocycles. The van der Waals surface area contributed by atoms with Gasteiger partial charge in [0.2, 0.25) is 0 Å². The molecule has 4 heteroatoms. The van der Waals surface area contributed by atoms with Gasteiger partial charge in [0.25, 0.3) is 0 Å². The summed E-state index contributed by atoms with van der Waals surface area (Å²) < 4.78 is 13.4. The molecule has 0 aromatic heterocycles. The van der Waals surface area contributed by atoms with E-state index in [-0.39, 0.29) is 24.4 Å². The summed E-state index contributed by atoms with van der Waals surface area (Å²) in [5.41, 5.74) is 0.524. The minimum Gasteiger partial charge on any atom is -0.334 e. The first-order valence-electron chi connectivity index (χ1n) is 6.46. The summed E-state index contributed by atoms with van der Waals surface area (Å²) in [5, 5.41) is 2.79. The average molecular weight is 250 g/mol. The monoisotopic (exact) mass is 250 g/mol. The Bertz CT molecular complexity index is 422. The molecule has 1 N–H and O–H groups in total. The second-order valence-electron chi connectivity index (χ2n) is 4.79. The molecule has 0 spiro atoms. The van der Waals surface area contributed by atoms with Gasteiger partial charge in [-0.3, -0.25) is 0 Å². The van der Waals surface area contributed by atoms with Crippen LogP contribution in [-0.2, 0) is 6.54 Å². The van der Waals surface area contributed by atoms with Gasteiger partial charge in [0, 0.05) is 24.7 Å². The topological polar surface area (TPSA) is 32.3 Å². The molecule has 1 unspecified atom stereocenters. The van der Waals surface area contributed by atoms with E-state index >= 15 is 0 Å². The lowest BCUT2D eigenvalue weighted by molar-refractivity contribution is 0.157. The molecular formula is C14H19FN2O. The van der Waals surface area contributed by atoms with Crippen LogP contribution in [0.5, 0.6) is 0 Å². The summed E-state index contributed by atoms with van der Waals surface area (Å²) in [6, 6.07) is 6.70. The Morgan fingerprint density at radius 3 is 2.94 bits per heavy atom. The van der Waals surface area contributed by atoms with Gasteiger partial charge >= 0.3 is 6.03 Å².